The van der Waals surface area contributed by atoms with E-state index in [-0.39, 0.29) is 0 Å². The molecule has 0 heteroatoms. The van der Waals surface area contributed by atoms with Gasteiger partial charge in [-0.25, -0.2) is 0 Å². The van der Waals surface area contributed by atoms with Crippen molar-refractivity contribution in [3.8, 4) is 0 Å². The van der Waals surface area contributed by atoms with Crippen molar-refractivity contribution in [2.45, 2.75) is 13.3 Å². The molecule has 1 unspecified atom stereocenters. The molecule has 0 saturated heterocycles. The van der Waals surface area contributed by atoms with Crippen LogP contribution in [0.2, 0.25) is 0 Å². The van der Waals surface area contributed by atoms with Crippen LogP contribution < -0.4 is 0 Å². The highest BCUT2D eigenvalue weighted by Crippen LogP contribution is 2.20. The van der Waals surface area contributed by atoms with Crippen LogP contribution in [0.1, 0.15) is 13.3 Å². The second-order valence-electron chi connectivity index (χ2n) is 2.11. The summed E-state index contributed by atoms with van der Waals surface area (Å²) in [6.45, 7) is 6.05. The molecule has 38 valence electrons. The molecule has 0 nitrogen and oxygen atoms in total. The van der Waals surface area contributed by atoms with Crippen LogP contribution >= 0.6 is 0 Å². The Morgan fingerprint density at radius 2 is 2.57 bits per heavy atom. The van der Waals surface area contributed by atoms with E-state index >= 15 is 0 Å². The van der Waals surface area contributed by atoms with Gasteiger partial charge in [-0.2, -0.15) is 0 Å². The fourth-order valence-electron chi connectivity index (χ4n) is 0.739. The molecule has 0 aromatic carbocycles. The first-order chi connectivity index (χ1) is 3.30. The van der Waals surface area contributed by atoms with Gasteiger partial charge >= 0.3 is 0 Å². The SMILES string of the molecule is C=C1C=CCC1C. The number of rotatable bonds is 0. The van der Waals surface area contributed by atoms with Crippen LogP contribution in [0, 0.1) is 5.92 Å². The van der Waals surface area contributed by atoms with Gasteiger partial charge in [0.2, 0.25) is 0 Å². The summed E-state index contributed by atoms with van der Waals surface area (Å²) in [5, 5.41) is 0. The van der Waals surface area contributed by atoms with Gasteiger partial charge in [-0.05, 0) is 12.3 Å². The Morgan fingerprint density at radius 1 is 1.86 bits per heavy atom. The van der Waals surface area contributed by atoms with Crippen LogP contribution in [0.15, 0.2) is 24.3 Å². The van der Waals surface area contributed by atoms with Gasteiger partial charge in [-0.15, -0.1) is 0 Å². The largest absolute Gasteiger partial charge is 0.0956 e. The molecular weight excluding hydrogens is 84.1 g/mol. The molecule has 1 rings (SSSR count). The zero-order valence-corrected chi connectivity index (χ0v) is 4.65. The summed E-state index contributed by atoms with van der Waals surface area (Å²) in [5.74, 6) is 0.708. The summed E-state index contributed by atoms with van der Waals surface area (Å²) in [4.78, 5) is 0. The van der Waals surface area contributed by atoms with Gasteiger partial charge in [0, 0.05) is 0 Å². The fourth-order valence-corrected chi connectivity index (χ4v) is 0.739. The van der Waals surface area contributed by atoms with Crippen LogP contribution in [0.5, 0.6) is 0 Å². The maximum atomic E-state index is 3.85. The lowest BCUT2D eigenvalue weighted by atomic mass is 10.1. The summed E-state index contributed by atoms with van der Waals surface area (Å²) < 4.78 is 0. The Labute approximate surface area is 44.5 Å². The molecule has 0 fully saturated rings. The van der Waals surface area contributed by atoms with Crippen LogP contribution in [-0.2, 0) is 0 Å². The minimum absolute atomic E-state index is 0.708. The molecule has 1 aliphatic carbocycles. The Balaban J connectivity index is 2.62. The number of hydrogen-bond donors (Lipinski definition) is 0. The predicted molar refractivity (Wildman–Crippen MR) is 32.1 cm³/mol. The highest BCUT2D eigenvalue weighted by molar-refractivity contribution is 5.23. The van der Waals surface area contributed by atoms with E-state index in [1.165, 1.54) is 12.0 Å². The third-order valence-electron chi connectivity index (χ3n) is 1.45. The quantitative estimate of drug-likeness (QED) is 0.431. The van der Waals surface area contributed by atoms with Crippen LogP contribution in [0.25, 0.3) is 0 Å². The maximum Gasteiger partial charge on any atom is -0.0162 e. The smallest absolute Gasteiger partial charge is 0.0162 e. The molecule has 0 heterocycles. The van der Waals surface area contributed by atoms with Crippen molar-refractivity contribution in [3.63, 3.8) is 0 Å². The molecule has 7 heavy (non-hydrogen) atoms. The Bertz CT molecular complexity index is 109. The number of hydrogen-bond acceptors (Lipinski definition) is 0. The molecule has 0 aromatic heterocycles. The molecular formula is C7H10. The van der Waals surface area contributed by atoms with Gasteiger partial charge in [0.1, 0.15) is 0 Å². The van der Waals surface area contributed by atoms with Gasteiger partial charge in [0.15, 0.2) is 0 Å². The summed E-state index contributed by atoms with van der Waals surface area (Å²) in [6.07, 6.45) is 5.47. The van der Waals surface area contributed by atoms with E-state index in [1.54, 1.807) is 0 Å². The number of allylic oxidation sites excluding steroid dienone is 3. The first-order valence-electron chi connectivity index (χ1n) is 2.66. The van der Waals surface area contributed by atoms with Crippen molar-refractivity contribution in [1.29, 1.82) is 0 Å². The molecule has 0 bridgehead atoms. The van der Waals surface area contributed by atoms with Gasteiger partial charge in [-0.3, -0.25) is 0 Å². The van der Waals surface area contributed by atoms with Gasteiger partial charge in [0.25, 0.3) is 0 Å². The van der Waals surface area contributed by atoms with Crippen molar-refractivity contribution >= 4 is 0 Å². The lowest BCUT2D eigenvalue weighted by Crippen LogP contribution is -1.85. The van der Waals surface area contributed by atoms with E-state index in [9.17, 15) is 0 Å². The molecule has 0 aliphatic heterocycles. The van der Waals surface area contributed by atoms with Crippen molar-refractivity contribution in [3.05, 3.63) is 24.3 Å². The van der Waals surface area contributed by atoms with Crippen LogP contribution in [0.3, 0.4) is 0 Å². The van der Waals surface area contributed by atoms with E-state index in [1.807, 2.05) is 0 Å². The summed E-state index contributed by atoms with van der Waals surface area (Å²) in [5.41, 5.74) is 1.28. The van der Waals surface area contributed by atoms with Crippen molar-refractivity contribution < 1.29 is 0 Å². The average molecular weight is 94.2 g/mol. The van der Waals surface area contributed by atoms with Crippen molar-refractivity contribution in [2.75, 3.05) is 0 Å². The minimum Gasteiger partial charge on any atom is -0.0956 e. The highest BCUT2D eigenvalue weighted by Gasteiger charge is 2.05. The standard InChI is InChI=1S/C7H10/c1-6-4-3-5-7(6)2/h3-4,7H,1,5H2,2H3. The summed E-state index contributed by atoms with van der Waals surface area (Å²) in [7, 11) is 0. The Morgan fingerprint density at radius 3 is 2.71 bits per heavy atom. The summed E-state index contributed by atoms with van der Waals surface area (Å²) in [6, 6.07) is 0. The molecule has 0 spiro atoms. The molecule has 0 aromatic rings. The minimum atomic E-state index is 0.708. The highest BCUT2D eigenvalue weighted by atomic mass is 14.1. The third-order valence-corrected chi connectivity index (χ3v) is 1.45. The Kier molecular flexibility index (Phi) is 1.01. The summed E-state index contributed by atoms with van der Waals surface area (Å²) >= 11 is 0. The molecule has 0 saturated carbocycles. The van der Waals surface area contributed by atoms with Crippen LogP contribution in [-0.4, -0.2) is 0 Å². The fraction of sp³-hybridized carbons (Fsp3) is 0.429. The third kappa shape index (κ3) is 0.738. The second-order valence-corrected chi connectivity index (χ2v) is 2.11. The molecule has 1 aliphatic rings. The molecule has 0 N–H and O–H groups in total. The lowest BCUT2D eigenvalue weighted by molar-refractivity contribution is 0.745. The van der Waals surface area contributed by atoms with Crippen molar-refractivity contribution in [2.24, 2.45) is 5.92 Å². The maximum absolute atomic E-state index is 3.85. The molecule has 0 radical (unpaired) electrons. The average Bonchev–Trinajstić information content (AvgIpc) is 1.91. The van der Waals surface area contributed by atoms with E-state index < -0.39 is 0 Å². The lowest BCUT2D eigenvalue weighted by Gasteiger charge is -1.97. The first kappa shape index (κ1) is 4.63. The normalized spacial score (nSPS) is 29.3. The first-order valence-corrected chi connectivity index (χ1v) is 2.66. The zero-order chi connectivity index (χ0) is 5.28. The topological polar surface area (TPSA) is 0 Å². The second kappa shape index (κ2) is 1.53. The monoisotopic (exact) mass is 94.1 g/mol. The van der Waals surface area contributed by atoms with E-state index in [0.717, 1.165) is 0 Å². The van der Waals surface area contributed by atoms with Gasteiger partial charge in [0.05, 0.1) is 0 Å². The van der Waals surface area contributed by atoms with Gasteiger partial charge < -0.3 is 0 Å². The van der Waals surface area contributed by atoms with Crippen LogP contribution in [0.4, 0.5) is 0 Å². The van der Waals surface area contributed by atoms with E-state index in [2.05, 4.69) is 25.7 Å². The predicted octanol–water partition coefficient (Wildman–Crippen LogP) is 2.14. The van der Waals surface area contributed by atoms with Gasteiger partial charge in [-0.1, -0.05) is 31.2 Å². The molecule has 0 amide bonds. The zero-order valence-electron chi connectivity index (χ0n) is 4.65. The molecule has 1 atom stereocenters. The van der Waals surface area contributed by atoms with Crippen molar-refractivity contribution in [1.82, 2.24) is 0 Å². The Hall–Kier alpha value is -0.520. The van der Waals surface area contributed by atoms with E-state index in [0.29, 0.717) is 5.92 Å². The van der Waals surface area contributed by atoms with E-state index in [4.69, 9.17) is 0 Å².